The van der Waals surface area contributed by atoms with E-state index in [9.17, 15) is 0 Å². The number of thiazole rings is 1. The molecule has 2 nitrogen and oxygen atoms in total. The van der Waals surface area contributed by atoms with E-state index in [1.165, 1.54) is 43.2 Å². The molecule has 25 heavy (non-hydrogen) atoms. The molecule has 1 N–H and O–H groups in total. The van der Waals surface area contributed by atoms with Gasteiger partial charge in [0.2, 0.25) is 0 Å². The summed E-state index contributed by atoms with van der Waals surface area (Å²) in [7, 11) is 0. The van der Waals surface area contributed by atoms with Gasteiger partial charge in [0.25, 0.3) is 0 Å². The molecule has 0 aliphatic heterocycles. The van der Waals surface area contributed by atoms with Crippen molar-refractivity contribution in [2.75, 3.05) is 5.32 Å². The summed E-state index contributed by atoms with van der Waals surface area (Å²) < 4.78 is 1.08. The summed E-state index contributed by atoms with van der Waals surface area (Å²) in [6, 6.07) is 17.2. The van der Waals surface area contributed by atoms with Gasteiger partial charge in [-0.15, -0.1) is 11.3 Å². The fraction of sp³-hybridized carbons (Fsp3) is 0.286. The van der Waals surface area contributed by atoms with Crippen LogP contribution < -0.4 is 5.32 Å². The second-order valence-electron chi connectivity index (χ2n) is 6.63. The fourth-order valence-corrected chi connectivity index (χ4v) is 4.49. The van der Waals surface area contributed by atoms with Gasteiger partial charge in [-0.25, -0.2) is 4.98 Å². The average Bonchev–Trinajstić information content (AvgIpc) is 3.13. The van der Waals surface area contributed by atoms with E-state index in [-0.39, 0.29) is 0 Å². The van der Waals surface area contributed by atoms with Crippen molar-refractivity contribution in [1.29, 1.82) is 0 Å². The number of nitrogens with one attached hydrogen (secondary N) is 1. The molecular weight excluding hydrogens is 392 g/mol. The van der Waals surface area contributed by atoms with E-state index >= 15 is 0 Å². The van der Waals surface area contributed by atoms with Crippen LogP contribution in [0.1, 0.15) is 43.6 Å². The van der Waals surface area contributed by atoms with E-state index in [2.05, 4.69) is 50.9 Å². The van der Waals surface area contributed by atoms with Gasteiger partial charge < -0.3 is 5.32 Å². The highest BCUT2D eigenvalue weighted by atomic mass is 79.9. The largest absolute Gasteiger partial charge is 0.332 e. The van der Waals surface area contributed by atoms with Crippen LogP contribution in [0.25, 0.3) is 11.3 Å². The van der Waals surface area contributed by atoms with Gasteiger partial charge in [-0.3, -0.25) is 0 Å². The molecule has 0 unspecified atom stereocenters. The monoisotopic (exact) mass is 412 g/mol. The Kier molecular flexibility index (Phi) is 5.18. The van der Waals surface area contributed by atoms with Crippen LogP contribution in [0.3, 0.4) is 0 Å². The number of rotatable bonds is 4. The summed E-state index contributed by atoms with van der Waals surface area (Å²) in [4.78, 5) is 4.74. The quantitative estimate of drug-likeness (QED) is 0.483. The summed E-state index contributed by atoms with van der Waals surface area (Å²) in [5.41, 5.74) is 4.78. The third-order valence-corrected chi connectivity index (χ3v) is 6.17. The number of benzene rings is 2. The highest BCUT2D eigenvalue weighted by molar-refractivity contribution is 9.10. The van der Waals surface area contributed by atoms with Gasteiger partial charge >= 0.3 is 0 Å². The average molecular weight is 413 g/mol. The molecule has 1 fully saturated rings. The first-order chi connectivity index (χ1) is 12.3. The summed E-state index contributed by atoms with van der Waals surface area (Å²) in [6.45, 7) is 0. The highest BCUT2D eigenvalue weighted by Gasteiger charge is 2.15. The number of nitrogens with zero attached hydrogens (tertiary/aromatic N) is 1. The van der Waals surface area contributed by atoms with Crippen LogP contribution in [-0.2, 0) is 0 Å². The minimum Gasteiger partial charge on any atom is -0.332 e. The van der Waals surface area contributed by atoms with Gasteiger partial charge in [0, 0.05) is 21.1 Å². The molecule has 1 aliphatic rings. The SMILES string of the molecule is Brc1ccc(Nc2nc(-c3ccc(C4CCCCC4)cc3)cs2)cc1. The Bertz CT molecular complexity index is 818. The van der Waals surface area contributed by atoms with Gasteiger partial charge in [0.05, 0.1) is 5.69 Å². The van der Waals surface area contributed by atoms with Crippen molar-refractivity contribution < 1.29 is 0 Å². The lowest BCUT2D eigenvalue weighted by Crippen LogP contribution is -2.04. The van der Waals surface area contributed by atoms with Crippen LogP contribution in [0.4, 0.5) is 10.8 Å². The Morgan fingerprint density at radius 2 is 1.64 bits per heavy atom. The molecule has 0 atom stereocenters. The smallest absolute Gasteiger partial charge is 0.187 e. The zero-order chi connectivity index (χ0) is 17.1. The van der Waals surface area contributed by atoms with Crippen molar-refractivity contribution in [3.8, 4) is 11.3 Å². The first kappa shape index (κ1) is 16.8. The third kappa shape index (κ3) is 4.13. The van der Waals surface area contributed by atoms with E-state index in [4.69, 9.17) is 4.98 Å². The molecule has 0 saturated heterocycles. The summed E-state index contributed by atoms with van der Waals surface area (Å²) in [5, 5.41) is 6.42. The van der Waals surface area contributed by atoms with E-state index in [0.29, 0.717) is 0 Å². The lowest BCUT2D eigenvalue weighted by molar-refractivity contribution is 0.443. The number of hydrogen-bond donors (Lipinski definition) is 1. The van der Waals surface area contributed by atoms with Crippen molar-refractivity contribution in [2.24, 2.45) is 0 Å². The van der Waals surface area contributed by atoms with Crippen molar-refractivity contribution >= 4 is 38.1 Å². The Morgan fingerprint density at radius 3 is 2.36 bits per heavy atom. The van der Waals surface area contributed by atoms with Crippen LogP contribution in [-0.4, -0.2) is 4.98 Å². The van der Waals surface area contributed by atoms with E-state index in [1.54, 1.807) is 11.3 Å². The summed E-state index contributed by atoms with van der Waals surface area (Å²) in [5.74, 6) is 0.757. The first-order valence-corrected chi connectivity index (χ1v) is 10.5. The summed E-state index contributed by atoms with van der Waals surface area (Å²) >= 11 is 5.10. The Morgan fingerprint density at radius 1 is 0.920 bits per heavy atom. The van der Waals surface area contributed by atoms with Crippen LogP contribution in [0.2, 0.25) is 0 Å². The topological polar surface area (TPSA) is 24.9 Å². The lowest BCUT2D eigenvalue weighted by Gasteiger charge is -2.22. The van der Waals surface area contributed by atoms with E-state index < -0.39 is 0 Å². The molecule has 1 aliphatic carbocycles. The van der Waals surface area contributed by atoms with Crippen LogP contribution in [0.5, 0.6) is 0 Å². The third-order valence-electron chi connectivity index (χ3n) is 4.88. The Balaban J connectivity index is 1.46. The Hall–Kier alpha value is -1.65. The molecule has 1 saturated carbocycles. The Labute approximate surface area is 161 Å². The minimum atomic E-state index is 0.757. The van der Waals surface area contributed by atoms with Gasteiger partial charge in [0.15, 0.2) is 5.13 Å². The van der Waals surface area contributed by atoms with Gasteiger partial charge in [-0.2, -0.15) is 0 Å². The van der Waals surface area contributed by atoms with Crippen molar-refractivity contribution in [3.63, 3.8) is 0 Å². The molecule has 4 heteroatoms. The van der Waals surface area contributed by atoms with Crippen LogP contribution in [0.15, 0.2) is 58.4 Å². The predicted molar refractivity (Wildman–Crippen MR) is 111 cm³/mol. The fourth-order valence-electron chi connectivity index (χ4n) is 3.48. The zero-order valence-corrected chi connectivity index (χ0v) is 16.4. The number of anilines is 2. The van der Waals surface area contributed by atoms with Crippen molar-refractivity contribution in [2.45, 2.75) is 38.0 Å². The van der Waals surface area contributed by atoms with E-state index in [1.807, 2.05) is 24.3 Å². The maximum absolute atomic E-state index is 4.74. The normalized spacial score (nSPS) is 15.2. The first-order valence-electron chi connectivity index (χ1n) is 8.86. The van der Waals surface area contributed by atoms with Crippen LogP contribution >= 0.6 is 27.3 Å². The van der Waals surface area contributed by atoms with Crippen molar-refractivity contribution in [3.05, 3.63) is 63.9 Å². The highest BCUT2D eigenvalue weighted by Crippen LogP contribution is 2.34. The van der Waals surface area contributed by atoms with E-state index in [0.717, 1.165) is 26.9 Å². The number of hydrogen-bond acceptors (Lipinski definition) is 3. The molecule has 0 amide bonds. The van der Waals surface area contributed by atoms with Crippen molar-refractivity contribution in [1.82, 2.24) is 4.98 Å². The predicted octanol–water partition coefficient (Wildman–Crippen LogP) is 7.36. The van der Waals surface area contributed by atoms with Crippen LogP contribution in [0, 0.1) is 0 Å². The second kappa shape index (κ2) is 7.71. The molecule has 2 aromatic carbocycles. The van der Waals surface area contributed by atoms with Gasteiger partial charge in [0.1, 0.15) is 0 Å². The maximum atomic E-state index is 4.74. The molecule has 0 bridgehead atoms. The minimum absolute atomic E-state index is 0.757. The molecule has 3 aromatic rings. The molecule has 0 radical (unpaired) electrons. The number of halogens is 1. The number of aromatic nitrogens is 1. The van der Waals surface area contributed by atoms with Gasteiger partial charge in [-0.05, 0) is 48.6 Å². The lowest BCUT2D eigenvalue weighted by atomic mass is 9.84. The molecule has 128 valence electrons. The molecular formula is C21H21BrN2S. The molecule has 0 spiro atoms. The second-order valence-corrected chi connectivity index (χ2v) is 8.40. The molecule has 4 rings (SSSR count). The molecule has 1 aromatic heterocycles. The maximum Gasteiger partial charge on any atom is 0.187 e. The van der Waals surface area contributed by atoms with Gasteiger partial charge in [-0.1, -0.05) is 59.5 Å². The standard InChI is InChI=1S/C21H21BrN2S/c22-18-10-12-19(13-11-18)23-21-24-20(14-25-21)17-8-6-16(7-9-17)15-4-2-1-3-5-15/h6-15H,1-5H2,(H,23,24). The zero-order valence-electron chi connectivity index (χ0n) is 14.0. The molecule has 1 heterocycles. The summed E-state index contributed by atoms with van der Waals surface area (Å²) in [6.07, 6.45) is 6.85.